The van der Waals surface area contributed by atoms with Crippen LogP contribution in [-0.2, 0) is 16.0 Å². The van der Waals surface area contributed by atoms with Crippen molar-refractivity contribution in [2.24, 2.45) is 0 Å². The van der Waals surface area contributed by atoms with Crippen molar-refractivity contribution in [3.05, 3.63) is 36.2 Å². The Hall–Kier alpha value is -2.21. The average molecular weight is 301 g/mol. The smallest absolute Gasteiger partial charge is 0.323 e. The summed E-state index contributed by atoms with van der Waals surface area (Å²) in [5, 5.41) is 4.01. The minimum Gasteiger partial charge on any atom is -0.468 e. The third-order valence-electron chi connectivity index (χ3n) is 3.95. The van der Waals surface area contributed by atoms with Crippen LogP contribution in [0.15, 0.2) is 34.9 Å². The summed E-state index contributed by atoms with van der Waals surface area (Å²) in [4.78, 5) is 18.2. The number of likely N-dealkylation sites (tertiary alicyclic amines) is 1. The molecule has 0 aliphatic carbocycles. The van der Waals surface area contributed by atoms with E-state index in [1.165, 1.54) is 7.11 Å². The molecule has 6 heteroatoms. The van der Waals surface area contributed by atoms with Crippen molar-refractivity contribution in [1.29, 1.82) is 0 Å². The summed E-state index contributed by atoms with van der Waals surface area (Å²) in [5.74, 6) is 1.03. The largest absolute Gasteiger partial charge is 0.468 e. The fourth-order valence-electron chi connectivity index (χ4n) is 2.80. The summed E-state index contributed by atoms with van der Waals surface area (Å²) in [6.07, 6.45) is 2.50. The number of ether oxygens (including phenoxy) is 1. The van der Waals surface area contributed by atoms with E-state index in [2.05, 4.69) is 15.0 Å². The van der Waals surface area contributed by atoms with E-state index in [9.17, 15) is 4.79 Å². The predicted molar refractivity (Wildman–Crippen MR) is 80.0 cm³/mol. The van der Waals surface area contributed by atoms with Crippen LogP contribution in [0.4, 0.5) is 0 Å². The van der Waals surface area contributed by atoms with Crippen LogP contribution in [0.1, 0.15) is 18.7 Å². The normalized spacial score (nSPS) is 18.5. The molecule has 2 aromatic rings. The zero-order valence-electron chi connectivity index (χ0n) is 12.6. The Morgan fingerprint density at radius 1 is 1.41 bits per heavy atom. The first kappa shape index (κ1) is 14.7. The van der Waals surface area contributed by atoms with E-state index in [1.807, 2.05) is 30.3 Å². The van der Waals surface area contributed by atoms with Crippen molar-refractivity contribution in [2.45, 2.75) is 25.3 Å². The van der Waals surface area contributed by atoms with Crippen molar-refractivity contribution >= 4 is 5.97 Å². The molecule has 1 atom stereocenters. The molecule has 1 aromatic heterocycles. The molecule has 1 aliphatic heterocycles. The lowest BCUT2D eigenvalue weighted by Crippen LogP contribution is -2.38. The number of rotatable bonds is 5. The summed E-state index contributed by atoms with van der Waals surface area (Å²) >= 11 is 0. The van der Waals surface area contributed by atoms with Gasteiger partial charge in [-0.2, -0.15) is 4.98 Å². The number of methoxy groups -OCH3 is 1. The Kier molecular flexibility index (Phi) is 4.48. The maximum Gasteiger partial charge on any atom is 0.323 e. The van der Waals surface area contributed by atoms with Crippen LogP contribution in [0.25, 0.3) is 11.4 Å². The molecule has 2 heterocycles. The lowest BCUT2D eigenvalue weighted by Gasteiger charge is -2.21. The number of aromatic nitrogens is 2. The molecule has 0 saturated carbocycles. The molecule has 116 valence electrons. The average Bonchev–Trinajstić information content (AvgIpc) is 3.22. The van der Waals surface area contributed by atoms with Gasteiger partial charge in [-0.15, -0.1) is 0 Å². The van der Waals surface area contributed by atoms with Crippen molar-refractivity contribution in [1.82, 2.24) is 15.0 Å². The van der Waals surface area contributed by atoms with Gasteiger partial charge in [-0.3, -0.25) is 9.69 Å². The molecule has 0 amide bonds. The molecule has 1 aliphatic rings. The van der Waals surface area contributed by atoms with Crippen molar-refractivity contribution in [2.75, 3.05) is 20.2 Å². The highest BCUT2D eigenvalue weighted by Gasteiger charge is 2.31. The molecule has 6 nitrogen and oxygen atoms in total. The standard InChI is InChI=1S/C16H19N3O3/c1-21-16(20)13-8-5-10-19(13)11-9-14-17-15(18-22-14)12-6-3-2-4-7-12/h2-4,6-7,13H,5,8-11H2,1H3/t13-/m1/s1. The van der Waals surface area contributed by atoms with E-state index in [0.717, 1.165) is 31.5 Å². The van der Waals surface area contributed by atoms with E-state index < -0.39 is 0 Å². The van der Waals surface area contributed by atoms with Crippen LogP contribution >= 0.6 is 0 Å². The first-order chi connectivity index (χ1) is 10.8. The van der Waals surface area contributed by atoms with Gasteiger partial charge >= 0.3 is 5.97 Å². The molecule has 0 N–H and O–H groups in total. The first-order valence-electron chi connectivity index (χ1n) is 7.48. The summed E-state index contributed by atoms with van der Waals surface area (Å²) < 4.78 is 10.1. The van der Waals surface area contributed by atoms with Gasteiger partial charge in [0.2, 0.25) is 11.7 Å². The number of carbonyl (C=O) groups is 1. The van der Waals surface area contributed by atoms with Gasteiger partial charge in [0, 0.05) is 18.5 Å². The minimum atomic E-state index is -0.159. The first-order valence-corrected chi connectivity index (χ1v) is 7.48. The monoisotopic (exact) mass is 301 g/mol. The Morgan fingerprint density at radius 3 is 3.00 bits per heavy atom. The molecule has 3 rings (SSSR count). The van der Waals surface area contributed by atoms with Crippen LogP contribution in [0, 0.1) is 0 Å². The maximum atomic E-state index is 11.7. The quantitative estimate of drug-likeness (QED) is 0.786. The highest BCUT2D eigenvalue weighted by Crippen LogP contribution is 2.19. The van der Waals surface area contributed by atoms with Gasteiger partial charge in [0.05, 0.1) is 7.11 Å². The fraction of sp³-hybridized carbons (Fsp3) is 0.438. The highest BCUT2D eigenvalue weighted by molar-refractivity contribution is 5.75. The molecule has 1 aromatic carbocycles. The zero-order valence-corrected chi connectivity index (χ0v) is 12.6. The van der Waals surface area contributed by atoms with Gasteiger partial charge in [-0.05, 0) is 19.4 Å². The summed E-state index contributed by atoms with van der Waals surface area (Å²) in [5.41, 5.74) is 0.936. The van der Waals surface area contributed by atoms with Gasteiger partial charge in [0.1, 0.15) is 6.04 Å². The molecule has 0 radical (unpaired) electrons. The predicted octanol–water partition coefficient (Wildman–Crippen LogP) is 1.92. The van der Waals surface area contributed by atoms with Crippen molar-refractivity contribution in [3.8, 4) is 11.4 Å². The van der Waals surface area contributed by atoms with Gasteiger partial charge in [-0.1, -0.05) is 35.5 Å². The van der Waals surface area contributed by atoms with Gasteiger partial charge in [-0.25, -0.2) is 0 Å². The minimum absolute atomic E-state index is 0.137. The van der Waals surface area contributed by atoms with E-state index in [1.54, 1.807) is 0 Å². The van der Waals surface area contributed by atoms with E-state index in [4.69, 9.17) is 9.26 Å². The van der Waals surface area contributed by atoms with Crippen LogP contribution in [0.2, 0.25) is 0 Å². The number of esters is 1. The molecular formula is C16H19N3O3. The maximum absolute atomic E-state index is 11.7. The van der Waals surface area contributed by atoms with Crippen LogP contribution in [0.3, 0.4) is 0 Å². The Bertz CT molecular complexity index is 627. The Labute approximate surface area is 129 Å². The molecule has 1 fully saturated rings. The summed E-state index contributed by atoms with van der Waals surface area (Å²) in [6, 6.07) is 9.59. The number of hydrogen-bond donors (Lipinski definition) is 0. The van der Waals surface area contributed by atoms with E-state index in [0.29, 0.717) is 18.1 Å². The molecule has 0 spiro atoms. The second-order valence-electron chi connectivity index (χ2n) is 5.34. The third-order valence-corrected chi connectivity index (χ3v) is 3.95. The molecule has 0 bridgehead atoms. The zero-order chi connectivity index (χ0) is 15.4. The second kappa shape index (κ2) is 6.70. The van der Waals surface area contributed by atoms with Crippen LogP contribution in [0.5, 0.6) is 0 Å². The van der Waals surface area contributed by atoms with Gasteiger partial charge in [0.25, 0.3) is 0 Å². The second-order valence-corrected chi connectivity index (χ2v) is 5.34. The third kappa shape index (κ3) is 3.17. The molecule has 1 saturated heterocycles. The lowest BCUT2D eigenvalue weighted by molar-refractivity contribution is -0.145. The Morgan fingerprint density at radius 2 is 2.23 bits per heavy atom. The van der Waals surface area contributed by atoms with Crippen molar-refractivity contribution < 1.29 is 14.1 Å². The fourth-order valence-corrected chi connectivity index (χ4v) is 2.80. The number of hydrogen-bond acceptors (Lipinski definition) is 6. The van der Waals surface area contributed by atoms with Crippen LogP contribution < -0.4 is 0 Å². The number of carbonyl (C=O) groups excluding carboxylic acids is 1. The molecule has 22 heavy (non-hydrogen) atoms. The van der Waals surface area contributed by atoms with Gasteiger partial charge < -0.3 is 9.26 Å². The lowest BCUT2D eigenvalue weighted by atomic mass is 10.2. The summed E-state index contributed by atoms with van der Waals surface area (Å²) in [7, 11) is 1.43. The van der Waals surface area contributed by atoms with Crippen molar-refractivity contribution in [3.63, 3.8) is 0 Å². The van der Waals surface area contributed by atoms with E-state index in [-0.39, 0.29) is 12.0 Å². The highest BCUT2D eigenvalue weighted by atomic mass is 16.5. The molecule has 0 unspecified atom stereocenters. The van der Waals surface area contributed by atoms with E-state index >= 15 is 0 Å². The van der Waals surface area contributed by atoms with Gasteiger partial charge in [0.15, 0.2) is 0 Å². The Balaban J connectivity index is 1.60. The molecular weight excluding hydrogens is 282 g/mol. The van der Waals surface area contributed by atoms with Crippen LogP contribution in [-0.4, -0.2) is 47.3 Å². The topological polar surface area (TPSA) is 68.5 Å². The number of nitrogens with zero attached hydrogens (tertiary/aromatic N) is 3. The SMILES string of the molecule is COC(=O)[C@H]1CCCN1CCc1nc(-c2ccccc2)no1. The number of benzene rings is 1. The summed E-state index contributed by atoms with van der Waals surface area (Å²) in [6.45, 7) is 1.62.